The molecule has 0 saturated heterocycles. The summed E-state index contributed by atoms with van der Waals surface area (Å²) in [6, 6.07) is 0. The number of amides is 1. The highest BCUT2D eigenvalue weighted by atomic mass is 35.5. The number of nitrogens with zero attached hydrogens (tertiary/aromatic N) is 1. The number of allylic oxidation sites excluding steroid dienone is 2. The lowest BCUT2D eigenvalue weighted by Gasteiger charge is -1.99. The van der Waals surface area contributed by atoms with E-state index in [-0.39, 0.29) is 25.4 Å². The van der Waals surface area contributed by atoms with Crippen LogP contribution < -0.4 is 0 Å². The van der Waals surface area contributed by atoms with Crippen molar-refractivity contribution in [3.63, 3.8) is 0 Å². The minimum absolute atomic E-state index is 0.125. The first-order valence-corrected chi connectivity index (χ1v) is 6.42. The quantitative estimate of drug-likeness (QED) is 0.726. The number of carbonyl (C=O) groups is 1. The first-order chi connectivity index (χ1) is 6.99. The van der Waals surface area contributed by atoms with Gasteiger partial charge < -0.3 is 4.74 Å². The van der Waals surface area contributed by atoms with Crippen molar-refractivity contribution >= 4 is 63.2 Å². The molecule has 3 nitrogen and oxygen atoms in total. The normalized spacial score (nSPS) is 17.4. The maximum absolute atomic E-state index is 11.1. The van der Waals surface area contributed by atoms with Gasteiger partial charge in [-0.1, -0.05) is 46.4 Å². The Morgan fingerprint density at radius 3 is 2.13 bits per heavy atom. The minimum atomic E-state index is -1.13. The average Bonchev–Trinajstić information content (AvgIpc) is 2.36. The summed E-state index contributed by atoms with van der Waals surface area (Å²) in [6.07, 6.45) is -0.743. The maximum atomic E-state index is 11.1. The molecule has 0 aromatic rings. The molecule has 0 aromatic heterocycles. The van der Waals surface area contributed by atoms with Crippen LogP contribution in [0.2, 0.25) is 0 Å². The van der Waals surface area contributed by atoms with Crippen LogP contribution >= 0.6 is 46.4 Å². The molecule has 0 aliphatic carbocycles. The molecule has 0 unspecified atom stereocenters. The summed E-state index contributed by atoms with van der Waals surface area (Å²) < 4.78 is 8.58. The van der Waals surface area contributed by atoms with E-state index >= 15 is 0 Å². The van der Waals surface area contributed by atoms with Crippen LogP contribution in [-0.2, 0) is 15.4 Å². The number of hydrogen-bond acceptors (Lipinski definition) is 2. The van der Waals surface area contributed by atoms with Crippen LogP contribution in [0.15, 0.2) is 23.2 Å². The highest BCUT2D eigenvalue weighted by Crippen LogP contribution is 2.42. The van der Waals surface area contributed by atoms with E-state index in [1.165, 1.54) is 0 Å². The molecule has 0 N–H and O–H groups in total. The summed E-state index contributed by atoms with van der Waals surface area (Å²) in [5.41, 5.74) is 0. The summed E-state index contributed by atoms with van der Waals surface area (Å²) in [5, 5.41) is 0.249. The van der Waals surface area contributed by atoms with Gasteiger partial charge in [-0.15, -0.1) is 4.36 Å². The van der Waals surface area contributed by atoms with Crippen LogP contribution in [0.4, 0.5) is 4.79 Å². The van der Waals surface area contributed by atoms with Gasteiger partial charge in [0.2, 0.25) is 0 Å². The zero-order chi connectivity index (χ0) is 11.6. The molecule has 15 heavy (non-hydrogen) atoms. The lowest BCUT2D eigenvalue weighted by molar-refractivity contribution is 0.164. The number of hydrogen-bond donors (Lipinski definition) is 0. The molecule has 0 bridgehead atoms. The van der Waals surface area contributed by atoms with Crippen LogP contribution in [-0.4, -0.2) is 12.7 Å². The van der Waals surface area contributed by atoms with Crippen LogP contribution in [0.25, 0.3) is 0 Å². The third kappa shape index (κ3) is 2.88. The van der Waals surface area contributed by atoms with Crippen molar-refractivity contribution < 1.29 is 9.53 Å². The predicted octanol–water partition coefficient (Wildman–Crippen LogP) is 4.25. The van der Waals surface area contributed by atoms with Crippen molar-refractivity contribution in [1.82, 2.24) is 0 Å². The van der Waals surface area contributed by atoms with Crippen molar-refractivity contribution in [2.24, 2.45) is 4.36 Å². The van der Waals surface area contributed by atoms with Gasteiger partial charge in [-0.25, -0.2) is 4.79 Å². The van der Waals surface area contributed by atoms with Crippen molar-refractivity contribution in [2.45, 2.75) is 6.92 Å². The zero-order valence-corrected chi connectivity index (χ0v) is 11.2. The van der Waals surface area contributed by atoms with Gasteiger partial charge >= 0.3 is 6.09 Å². The lowest BCUT2D eigenvalue weighted by Crippen LogP contribution is -2.00. The fourth-order valence-corrected chi connectivity index (χ4v) is 3.60. The monoisotopic (exact) mass is 307 g/mol. The van der Waals surface area contributed by atoms with Gasteiger partial charge in [0.25, 0.3) is 0 Å². The first kappa shape index (κ1) is 13.3. The Kier molecular flexibility index (Phi) is 4.93. The fraction of sp³-hybridized carbons (Fsp3) is 0.286. The van der Waals surface area contributed by atoms with E-state index in [1.807, 2.05) is 0 Å². The molecule has 0 aromatic carbocycles. The highest BCUT2D eigenvalue weighted by molar-refractivity contribution is 7.98. The Balaban J connectivity index is 3.03. The van der Waals surface area contributed by atoms with E-state index in [4.69, 9.17) is 46.4 Å². The van der Waals surface area contributed by atoms with Crippen LogP contribution in [0.5, 0.6) is 0 Å². The van der Waals surface area contributed by atoms with Crippen LogP contribution in [0.1, 0.15) is 6.92 Å². The van der Waals surface area contributed by atoms with E-state index in [1.54, 1.807) is 6.92 Å². The van der Waals surface area contributed by atoms with E-state index in [9.17, 15) is 4.79 Å². The fourth-order valence-electron chi connectivity index (χ4n) is 0.726. The average molecular weight is 309 g/mol. The first-order valence-electron chi connectivity index (χ1n) is 3.72. The van der Waals surface area contributed by atoms with Gasteiger partial charge in [-0.2, -0.15) is 0 Å². The Hall–Kier alpha value is 0.260. The molecule has 1 aliphatic heterocycles. The molecular formula is C7H5Cl4NO2S. The molecule has 0 fully saturated rings. The van der Waals surface area contributed by atoms with Gasteiger partial charge in [-0.05, 0) is 6.92 Å². The number of ether oxygens (including phenoxy) is 1. The Bertz CT molecular complexity index is 376. The molecule has 1 heterocycles. The highest BCUT2D eigenvalue weighted by Gasteiger charge is 2.26. The largest absolute Gasteiger partial charge is 0.448 e. The Morgan fingerprint density at radius 1 is 1.27 bits per heavy atom. The smallest absolute Gasteiger partial charge is 0.440 e. The van der Waals surface area contributed by atoms with E-state index in [2.05, 4.69) is 9.10 Å². The molecule has 0 saturated carbocycles. The van der Waals surface area contributed by atoms with E-state index in [0.29, 0.717) is 0 Å². The number of carbonyl (C=O) groups excluding carboxylic acids is 1. The maximum Gasteiger partial charge on any atom is 0.440 e. The standard InChI is InChI=1S/C7H5Cl4NO2S/c1-2-14-7(13)12-15-5(10)3(8)4(9)6(15)11/h2H2,1H3. The third-order valence-electron chi connectivity index (χ3n) is 1.31. The van der Waals surface area contributed by atoms with Crippen LogP contribution in [0, 0.1) is 0 Å². The van der Waals surface area contributed by atoms with Crippen LogP contribution in [0.3, 0.4) is 0 Å². The van der Waals surface area contributed by atoms with Crippen molar-refractivity contribution in [1.29, 1.82) is 0 Å². The Morgan fingerprint density at radius 2 is 1.73 bits per heavy atom. The second-order valence-electron chi connectivity index (χ2n) is 2.25. The summed E-state index contributed by atoms with van der Waals surface area (Å²) >= 11 is 23.1. The van der Waals surface area contributed by atoms with Gasteiger partial charge in [0.05, 0.1) is 16.7 Å². The number of rotatable bonds is 1. The van der Waals surface area contributed by atoms with Crippen molar-refractivity contribution in [2.75, 3.05) is 6.61 Å². The third-order valence-corrected chi connectivity index (χ3v) is 5.26. The minimum Gasteiger partial charge on any atom is -0.448 e. The van der Waals surface area contributed by atoms with Gasteiger partial charge in [0.1, 0.15) is 8.73 Å². The Labute approximate surface area is 109 Å². The summed E-state index contributed by atoms with van der Waals surface area (Å²) in [5.74, 6) is 0. The van der Waals surface area contributed by atoms with Gasteiger partial charge in [0, 0.05) is 10.7 Å². The molecular weight excluding hydrogens is 304 g/mol. The molecule has 0 radical (unpaired) electrons. The predicted molar refractivity (Wildman–Crippen MR) is 64.3 cm³/mol. The van der Waals surface area contributed by atoms with Crippen molar-refractivity contribution in [3.8, 4) is 0 Å². The summed E-state index contributed by atoms with van der Waals surface area (Å²) in [6.45, 7) is 1.89. The second kappa shape index (κ2) is 5.55. The number of halogens is 4. The molecule has 1 aliphatic rings. The molecule has 8 heteroatoms. The molecule has 1 rings (SSSR count). The van der Waals surface area contributed by atoms with Gasteiger partial charge in [-0.3, -0.25) is 0 Å². The second-order valence-corrected chi connectivity index (χ2v) is 5.78. The molecule has 0 atom stereocenters. The van der Waals surface area contributed by atoms with E-state index < -0.39 is 16.8 Å². The molecule has 84 valence electrons. The summed E-state index contributed by atoms with van der Waals surface area (Å²) in [7, 11) is -1.13. The van der Waals surface area contributed by atoms with Crippen molar-refractivity contribution in [3.05, 3.63) is 18.8 Å². The molecule has 1 amide bonds. The molecule has 0 spiro atoms. The van der Waals surface area contributed by atoms with Gasteiger partial charge in [0.15, 0.2) is 0 Å². The topological polar surface area (TPSA) is 38.7 Å². The summed E-state index contributed by atoms with van der Waals surface area (Å²) in [4.78, 5) is 11.1. The zero-order valence-electron chi connectivity index (χ0n) is 7.39. The lowest BCUT2D eigenvalue weighted by atomic mass is 10.6. The van der Waals surface area contributed by atoms with E-state index in [0.717, 1.165) is 0 Å². The SMILES string of the molecule is CCOC(=O)N=S1C(Cl)=C(Cl)C(Cl)=C1Cl.